The Morgan fingerprint density at radius 3 is 2.77 bits per heavy atom. The zero-order chi connectivity index (χ0) is 22.0. The number of hydrogen-bond donors (Lipinski definition) is 1. The van der Waals surface area contributed by atoms with Crippen LogP contribution < -0.4 is 4.74 Å². The third-order valence-electron chi connectivity index (χ3n) is 5.50. The number of carboxylic acids is 1. The largest absolute Gasteiger partial charge is 0.493 e. The number of aromatic carboxylic acids is 1. The molecule has 1 aromatic heterocycles. The van der Waals surface area contributed by atoms with E-state index in [9.17, 15) is 9.90 Å². The summed E-state index contributed by atoms with van der Waals surface area (Å²) in [4.78, 5) is 19.4. The molecule has 1 aliphatic heterocycles. The van der Waals surface area contributed by atoms with Gasteiger partial charge in [-0.3, -0.25) is 4.90 Å². The van der Waals surface area contributed by atoms with Crippen LogP contribution in [0.2, 0.25) is 0 Å². The fraction of sp³-hybridized carbons (Fsp3) is 0.280. The topological polar surface area (TPSA) is 62.7 Å². The predicted octanol–water partition coefficient (Wildman–Crippen LogP) is 5.86. The van der Waals surface area contributed by atoms with Crippen LogP contribution in [0.3, 0.4) is 0 Å². The van der Waals surface area contributed by atoms with Crippen molar-refractivity contribution in [3.8, 4) is 5.75 Å². The van der Waals surface area contributed by atoms with Crippen molar-refractivity contribution in [2.75, 3.05) is 19.7 Å². The summed E-state index contributed by atoms with van der Waals surface area (Å²) in [5.41, 5.74) is 4.54. The Bertz CT molecular complexity index is 1170. The maximum atomic E-state index is 12.3. The molecule has 4 rings (SSSR count). The Labute approximate surface area is 190 Å². The lowest BCUT2D eigenvalue weighted by molar-refractivity contribution is 0.0696. The molecular formula is C25H25BrN2O3. The molecule has 0 bridgehead atoms. The minimum atomic E-state index is -0.915. The molecule has 0 radical (unpaired) electrons. The quantitative estimate of drug-likeness (QED) is 0.478. The Kier molecular flexibility index (Phi) is 6.39. The van der Waals surface area contributed by atoms with E-state index in [0.717, 1.165) is 45.6 Å². The standard InChI is InChI=1S/C25H25BrN2O3/c1-3-11-31-22-10-9-18(26)13-16(22)12-17-14-28(4-2)15-20-23(25(29)30)19-7-5-6-8-21(19)27-24(17)20/h5-10,12-13H,3-4,11,14-15H2,1-2H3,(H,29,30)/b17-12-. The number of rotatable bonds is 6. The molecule has 2 heterocycles. The molecule has 0 saturated carbocycles. The molecule has 0 unspecified atom stereocenters. The van der Waals surface area contributed by atoms with Crippen LogP contribution in [0, 0.1) is 0 Å². The number of hydrogen-bond acceptors (Lipinski definition) is 4. The van der Waals surface area contributed by atoms with E-state index < -0.39 is 5.97 Å². The van der Waals surface area contributed by atoms with Gasteiger partial charge in [-0.05, 0) is 48.9 Å². The number of aromatic nitrogens is 1. The number of carbonyl (C=O) groups is 1. The molecule has 3 aromatic rings. The third-order valence-corrected chi connectivity index (χ3v) is 5.99. The molecule has 1 aliphatic rings. The van der Waals surface area contributed by atoms with Crippen LogP contribution in [-0.2, 0) is 6.54 Å². The molecule has 0 amide bonds. The molecule has 160 valence electrons. The summed E-state index contributed by atoms with van der Waals surface area (Å²) < 4.78 is 6.92. The highest BCUT2D eigenvalue weighted by Gasteiger charge is 2.28. The predicted molar refractivity (Wildman–Crippen MR) is 127 cm³/mol. The van der Waals surface area contributed by atoms with Gasteiger partial charge in [-0.25, -0.2) is 9.78 Å². The monoisotopic (exact) mass is 480 g/mol. The highest BCUT2D eigenvalue weighted by atomic mass is 79.9. The zero-order valence-electron chi connectivity index (χ0n) is 17.7. The van der Waals surface area contributed by atoms with Crippen LogP contribution in [0.15, 0.2) is 46.9 Å². The van der Waals surface area contributed by atoms with Crippen molar-refractivity contribution in [3.05, 3.63) is 69.3 Å². The maximum Gasteiger partial charge on any atom is 0.336 e. The summed E-state index contributed by atoms with van der Waals surface area (Å²) in [6, 6.07) is 13.4. The number of likely N-dealkylation sites (N-methyl/N-ethyl adjacent to an activating group) is 1. The van der Waals surface area contributed by atoms with Gasteiger partial charge in [0.1, 0.15) is 5.75 Å². The van der Waals surface area contributed by atoms with E-state index in [-0.39, 0.29) is 0 Å². The second-order valence-electron chi connectivity index (χ2n) is 7.64. The molecular weight excluding hydrogens is 456 g/mol. The van der Waals surface area contributed by atoms with Crippen molar-refractivity contribution in [1.82, 2.24) is 9.88 Å². The first-order valence-corrected chi connectivity index (χ1v) is 11.3. The summed E-state index contributed by atoms with van der Waals surface area (Å²) >= 11 is 3.56. The number of para-hydroxylation sites is 1. The lowest BCUT2D eigenvalue weighted by Crippen LogP contribution is -2.31. The van der Waals surface area contributed by atoms with Gasteiger partial charge in [-0.2, -0.15) is 0 Å². The molecule has 31 heavy (non-hydrogen) atoms. The van der Waals surface area contributed by atoms with Crippen molar-refractivity contribution < 1.29 is 14.6 Å². The number of ether oxygens (including phenoxy) is 1. The summed E-state index contributed by atoms with van der Waals surface area (Å²) in [6.45, 7) is 6.90. The van der Waals surface area contributed by atoms with Crippen LogP contribution in [-0.4, -0.2) is 40.7 Å². The van der Waals surface area contributed by atoms with E-state index in [0.29, 0.717) is 36.2 Å². The molecule has 0 atom stereocenters. The lowest BCUT2D eigenvalue weighted by Gasteiger charge is -2.30. The highest BCUT2D eigenvalue weighted by molar-refractivity contribution is 9.10. The summed E-state index contributed by atoms with van der Waals surface area (Å²) in [5.74, 6) is -0.103. The van der Waals surface area contributed by atoms with E-state index >= 15 is 0 Å². The second-order valence-corrected chi connectivity index (χ2v) is 8.56. The average Bonchev–Trinajstić information content (AvgIpc) is 2.76. The number of halogens is 1. The number of nitrogens with zero attached hydrogens (tertiary/aromatic N) is 2. The van der Waals surface area contributed by atoms with Crippen LogP contribution in [0.5, 0.6) is 5.75 Å². The lowest BCUT2D eigenvalue weighted by atomic mass is 9.92. The molecule has 1 N–H and O–H groups in total. The van der Waals surface area contributed by atoms with Gasteiger partial charge in [0, 0.05) is 34.1 Å². The van der Waals surface area contributed by atoms with E-state index in [1.807, 2.05) is 42.5 Å². The SMILES string of the molecule is CCCOc1ccc(Br)cc1/C=C1/CN(CC)Cc2c1nc1ccccc1c2C(=O)O. The summed E-state index contributed by atoms with van der Waals surface area (Å²) in [5, 5.41) is 10.7. The van der Waals surface area contributed by atoms with E-state index in [2.05, 4.69) is 40.8 Å². The van der Waals surface area contributed by atoms with E-state index in [1.165, 1.54) is 0 Å². The van der Waals surface area contributed by atoms with Crippen molar-refractivity contribution in [1.29, 1.82) is 0 Å². The van der Waals surface area contributed by atoms with Crippen LogP contribution in [0.4, 0.5) is 0 Å². The zero-order valence-corrected chi connectivity index (χ0v) is 19.3. The minimum absolute atomic E-state index is 0.348. The van der Waals surface area contributed by atoms with Crippen molar-refractivity contribution in [3.63, 3.8) is 0 Å². The third kappa shape index (κ3) is 4.36. The fourth-order valence-electron chi connectivity index (χ4n) is 4.01. The Morgan fingerprint density at radius 1 is 1.23 bits per heavy atom. The first-order valence-electron chi connectivity index (χ1n) is 10.5. The summed E-state index contributed by atoms with van der Waals surface area (Å²) in [7, 11) is 0. The number of benzene rings is 2. The second kappa shape index (κ2) is 9.20. The molecule has 0 spiro atoms. The smallest absolute Gasteiger partial charge is 0.336 e. The van der Waals surface area contributed by atoms with Gasteiger partial charge in [0.25, 0.3) is 0 Å². The first kappa shape index (κ1) is 21.5. The van der Waals surface area contributed by atoms with Gasteiger partial charge in [0.15, 0.2) is 0 Å². The Hall–Kier alpha value is -2.70. The molecule has 0 aliphatic carbocycles. The van der Waals surface area contributed by atoms with E-state index in [4.69, 9.17) is 9.72 Å². The molecule has 0 saturated heterocycles. The molecule has 5 nitrogen and oxygen atoms in total. The highest BCUT2D eigenvalue weighted by Crippen LogP contribution is 2.35. The van der Waals surface area contributed by atoms with Gasteiger partial charge in [-0.1, -0.05) is 48.0 Å². The molecule has 2 aromatic carbocycles. The molecule has 6 heteroatoms. The van der Waals surface area contributed by atoms with Crippen LogP contribution >= 0.6 is 15.9 Å². The van der Waals surface area contributed by atoms with Gasteiger partial charge in [-0.15, -0.1) is 0 Å². The average molecular weight is 481 g/mol. The molecule has 0 fully saturated rings. The number of carboxylic acid groups (broad SMARTS) is 1. The normalized spacial score (nSPS) is 15.3. The minimum Gasteiger partial charge on any atom is -0.493 e. The first-order chi connectivity index (χ1) is 15.0. The van der Waals surface area contributed by atoms with Gasteiger partial charge in [0.05, 0.1) is 23.4 Å². The Morgan fingerprint density at radius 2 is 2.03 bits per heavy atom. The van der Waals surface area contributed by atoms with Crippen molar-refractivity contribution >= 4 is 44.5 Å². The van der Waals surface area contributed by atoms with E-state index in [1.54, 1.807) is 0 Å². The van der Waals surface area contributed by atoms with Crippen LogP contribution in [0.1, 0.15) is 47.4 Å². The van der Waals surface area contributed by atoms with Gasteiger partial charge < -0.3 is 9.84 Å². The number of fused-ring (bicyclic) bond motifs is 2. The maximum absolute atomic E-state index is 12.3. The van der Waals surface area contributed by atoms with Crippen LogP contribution in [0.25, 0.3) is 22.6 Å². The fourth-order valence-corrected chi connectivity index (χ4v) is 4.39. The van der Waals surface area contributed by atoms with Gasteiger partial charge in [0.2, 0.25) is 0 Å². The van der Waals surface area contributed by atoms with Crippen molar-refractivity contribution in [2.45, 2.75) is 26.8 Å². The number of pyridine rings is 1. The summed E-state index contributed by atoms with van der Waals surface area (Å²) in [6.07, 6.45) is 3.01. The van der Waals surface area contributed by atoms with Gasteiger partial charge >= 0.3 is 5.97 Å². The van der Waals surface area contributed by atoms with Crippen molar-refractivity contribution in [2.24, 2.45) is 0 Å². The Balaban J connectivity index is 1.94.